The van der Waals surface area contributed by atoms with Crippen LogP contribution in [0.4, 0.5) is 13.2 Å². The van der Waals surface area contributed by atoms with E-state index in [9.17, 15) is 13.2 Å². The number of hydrogen-bond donors (Lipinski definition) is 0. The quantitative estimate of drug-likeness (QED) is 0.651. The van der Waals surface area contributed by atoms with Crippen LogP contribution in [0.1, 0.15) is 11.3 Å². The summed E-state index contributed by atoms with van der Waals surface area (Å²) in [5.74, 6) is 0. The molecule has 5 heteroatoms. The van der Waals surface area contributed by atoms with Gasteiger partial charge in [0.2, 0.25) is 0 Å². The minimum Gasteiger partial charge on any atom is -0.356 e. The summed E-state index contributed by atoms with van der Waals surface area (Å²) < 4.78 is 41.5. The lowest BCUT2D eigenvalue weighted by atomic mass is 10.1. The van der Waals surface area contributed by atoms with Crippen LogP contribution in [0.2, 0.25) is 0 Å². The molecule has 2 radical (unpaired) electrons. The van der Waals surface area contributed by atoms with Gasteiger partial charge in [-0.25, -0.2) is 0 Å². The fourth-order valence-corrected chi connectivity index (χ4v) is 1.13. The molecule has 0 aliphatic heterocycles. The van der Waals surface area contributed by atoms with E-state index in [0.717, 1.165) is 12.1 Å². The number of benzene rings is 1. The molecule has 0 saturated carbocycles. The second-order valence-corrected chi connectivity index (χ2v) is 2.78. The second kappa shape index (κ2) is 2.73. The van der Waals surface area contributed by atoms with E-state index in [2.05, 4.69) is 9.68 Å². The van der Waals surface area contributed by atoms with Gasteiger partial charge in [0.1, 0.15) is 0 Å². The Morgan fingerprint density at radius 2 is 2.00 bits per heavy atom. The number of fused-ring (bicyclic) bond motifs is 1. The Kier molecular flexibility index (Phi) is 1.77. The lowest BCUT2D eigenvalue weighted by molar-refractivity contribution is -0.137. The molecular formula is C9H4F3NO. The minimum absolute atomic E-state index is 0.0360. The van der Waals surface area contributed by atoms with Crippen molar-refractivity contribution in [2.24, 2.45) is 0 Å². The molecular weight excluding hydrogens is 195 g/mol. The van der Waals surface area contributed by atoms with Crippen LogP contribution in [0.25, 0.3) is 11.0 Å². The first kappa shape index (κ1) is 9.05. The Morgan fingerprint density at radius 3 is 2.64 bits per heavy atom. The molecule has 0 amide bonds. The summed E-state index contributed by atoms with van der Waals surface area (Å²) in [4.78, 5) is 0. The number of alkyl halides is 3. The van der Waals surface area contributed by atoms with Crippen molar-refractivity contribution in [3.63, 3.8) is 0 Å². The van der Waals surface area contributed by atoms with Crippen LogP contribution < -0.4 is 0 Å². The Morgan fingerprint density at radius 1 is 1.29 bits per heavy atom. The van der Waals surface area contributed by atoms with Gasteiger partial charge in [-0.1, -0.05) is 5.16 Å². The molecule has 2 aromatic rings. The van der Waals surface area contributed by atoms with Crippen molar-refractivity contribution in [1.82, 2.24) is 5.16 Å². The fraction of sp³-hybridized carbons (Fsp3) is 0.111. The van der Waals surface area contributed by atoms with Gasteiger partial charge in [-0.3, -0.25) is 0 Å². The van der Waals surface area contributed by atoms with Crippen molar-refractivity contribution < 1.29 is 17.7 Å². The monoisotopic (exact) mass is 199 g/mol. The van der Waals surface area contributed by atoms with E-state index >= 15 is 0 Å². The summed E-state index contributed by atoms with van der Waals surface area (Å²) in [6, 6.07) is 3.04. The first-order valence-corrected chi connectivity index (χ1v) is 3.70. The standard InChI is InChI=1S/C9H4F3NO/c1-5-7-4-6(9(10,11)12)2-3-8(7)14-13-5/h1-4H. The highest BCUT2D eigenvalue weighted by Crippen LogP contribution is 2.32. The molecule has 0 unspecified atom stereocenters. The van der Waals surface area contributed by atoms with Crippen LogP contribution in [0.15, 0.2) is 22.7 Å². The van der Waals surface area contributed by atoms with Crippen molar-refractivity contribution in [3.8, 4) is 0 Å². The number of hydrogen-bond acceptors (Lipinski definition) is 2. The zero-order valence-corrected chi connectivity index (χ0v) is 6.80. The third-order valence-corrected chi connectivity index (χ3v) is 1.83. The van der Waals surface area contributed by atoms with E-state index in [1.807, 2.05) is 0 Å². The highest BCUT2D eigenvalue weighted by atomic mass is 19.4. The average Bonchev–Trinajstić information content (AvgIpc) is 2.46. The van der Waals surface area contributed by atoms with E-state index in [4.69, 9.17) is 6.92 Å². The Labute approximate surface area is 77.3 Å². The Hall–Kier alpha value is -1.52. The normalized spacial score (nSPS) is 12.3. The maximum atomic E-state index is 12.3. The van der Waals surface area contributed by atoms with Gasteiger partial charge in [0.25, 0.3) is 0 Å². The van der Waals surface area contributed by atoms with Gasteiger partial charge in [0.15, 0.2) is 5.58 Å². The van der Waals surface area contributed by atoms with Crippen molar-refractivity contribution in [2.75, 3.05) is 0 Å². The maximum Gasteiger partial charge on any atom is 0.416 e. The minimum atomic E-state index is -4.38. The van der Waals surface area contributed by atoms with E-state index in [-0.39, 0.29) is 16.7 Å². The van der Waals surface area contributed by atoms with E-state index < -0.39 is 11.7 Å². The fourth-order valence-electron chi connectivity index (χ4n) is 1.13. The SMILES string of the molecule is [CH]c1noc2ccc(C(F)(F)F)cc12. The predicted octanol–water partition coefficient (Wildman–Crippen LogP) is 2.91. The third kappa shape index (κ3) is 1.34. The summed E-state index contributed by atoms with van der Waals surface area (Å²) in [6.07, 6.45) is -4.38. The molecule has 0 aliphatic rings. The average molecular weight is 199 g/mol. The number of halogens is 3. The van der Waals surface area contributed by atoms with Crippen molar-refractivity contribution >= 4 is 11.0 Å². The zero-order chi connectivity index (χ0) is 10.3. The molecule has 0 aliphatic carbocycles. The number of nitrogens with zero attached hydrogens (tertiary/aromatic N) is 1. The van der Waals surface area contributed by atoms with Gasteiger partial charge in [-0.15, -0.1) is 0 Å². The highest BCUT2D eigenvalue weighted by Gasteiger charge is 2.30. The van der Waals surface area contributed by atoms with Crippen LogP contribution in [-0.2, 0) is 6.18 Å². The van der Waals surface area contributed by atoms with E-state index in [1.54, 1.807) is 0 Å². The highest BCUT2D eigenvalue weighted by molar-refractivity contribution is 5.80. The second-order valence-electron chi connectivity index (χ2n) is 2.78. The molecule has 72 valence electrons. The topological polar surface area (TPSA) is 26.0 Å². The van der Waals surface area contributed by atoms with Crippen LogP contribution >= 0.6 is 0 Å². The Bertz CT molecular complexity index is 472. The summed E-state index contributed by atoms with van der Waals surface area (Å²) >= 11 is 0. The predicted molar refractivity (Wildman–Crippen MR) is 42.4 cm³/mol. The van der Waals surface area contributed by atoms with Gasteiger partial charge in [-0.05, 0) is 18.2 Å². The first-order chi connectivity index (χ1) is 6.48. The van der Waals surface area contributed by atoms with Crippen molar-refractivity contribution in [2.45, 2.75) is 6.18 Å². The lowest BCUT2D eigenvalue weighted by Crippen LogP contribution is -2.03. The van der Waals surface area contributed by atoms with Crippen molar-refractivity contribution in [3.05, 3.63) is 36.4 Å². The summed E-state index contributed by atoms with van der Waals surface area (Å²) in [5, 5.41) is 3.53. The molecule has 1 aromatic heterocycles. The molecule has 1 aromatic carbocycles. The van der Waals surface area contributed by atoms with Crippen LogP contribution in [0.5, 0.6) is 0 Å². The summed E-state index contributed by atoms with van der Waals surface area (Å²) in [7, 11) is 0. The van der Waals surface area contributed by atoms with Crippen molar-refractivity contribution in [1.29, 1.82) is 0 Å². The van der Waals surface area contributed by atoms with Gasteiger partial charge < -0.3 is 4.52 Å². The molecule has 0 fully saturated rings. The molecule has 0 N–H and O–H groups in total. The van der Waals surface area contributed by atoms with Crippen LogP contribution in [0.3, 0.4) is 0 Å². The molecule has 14 heavy (non-hydrogen) atoms. The molecule has 2 nitrogen and oxygen atoms in total. The molecule has 0 spiro atoms. The lowest BCUT2D eigenvalue weighted by Gasteiger charge is -2.05. The van der Waals surface area contributed by atoms with Crippen LogP contribution in [-0.4, -0.2) is 5.16 Å². The summed E-state index contributed by atoms with van der Waals surface area (Å²) in [5.41, 5.74) is -0.554. The maximum absolute atomic E-state index is 12.3. The smallest absolute Gasteiger partial charge is 0.356 e. The molecule has 0 saturated heterocycles. The van der Waals surface area contributed by atoms with Gasteiger partial charge in [-0.2, -0.15) is 13.2 Å². The largest absolute Gasteiger partial charge is 0.416 e. The Balaban J connectivity index is 2.66. The number of aromatic nitrogens is 1. The number of rotatable bonds is 0. The third-order valence-electron chi connectivity index (χ3n) is 1.83. The van der Waals surface area contributed by atoms with Gasteiger partial charge in [0.05, 0.1) is 11.3 Å². The zero-order valence-electron chi connectivity index (χ0n) is 6.80. The molecule has 0 atom stereocenters. The molecule has 1 heterocycles. The first-order valence-electron chi connectivity index (χ1n) is 3.70. The van der Waals surface area contributed by atoms with Gasteiger partial charge >= 0.3 is 6.18 Å². The van der Waals surface area contributed by atoms with E-state index in [1.165, 1.54) is 6.07 Å². The van der Waals surface area contributed by atoms with Crippen LogP contribution in [0, 0.1) is 6.92 Å². The van der Waals surface area contributed by atoms with Gasteiger partial charge in [0, 0.05) is 12.3 Å². The van der Waals surface area contributed by atoms with E-state index in [0.29, 0.717) is 0 Å². The molecule has 2 rings (SSSR count). The molecule has 0 bridgehead atoms. The summed E-state index contributed by atoms with van der Waals surface area (Å²) in [6.45, 7) is 5.32.